The van der Waals surface area contributed by atoms with Crippen molar-refractivity contribution in [1.82, 2.24) is 0 Å². The number of nitrogens with zero attached hydrogens (tertiary/aromatic N) is 1. The van der Waals surface area contributed by atoms with Crippen LogP contribution in [0.1, 0.15) is 13.8 Å². The second-order valence-electron chi connectivity index (χ2n) is 3.03. The van der Waals surface area contributed by atoms with Gasteiger partial charge in [-0.1, -0.05) is 0 Å². The number of quaternary nitrogens is 1. The van der Waals surface area contributed by atoms with E-state index in [1.54, 1.807) is 0 Å². The summed E-state index contributed by atoms with van der Waals surface area (Å²) in [6, 6.07) is 0. The monoisotopic (exact) mass is 161 g/mol. The zero-order chi connectivity index (χ0) is 7.45. The highest BCUT2D eigenvalue weighted by atomic mass is 16.5. The topological polar surface area (TPSA) is 39.2 Å². The van der Waals surface area contributed by atoms with Gasteiger partial charge in [0.25, 0.3) is 0 Å². The van der Waals surface area contributed by atoms with Crippen LogP contribution in [0.25, 0.3) is 0 Å². The van der Waals surface area contributed by atoms with Crippen LogP contribution in [0.2, 0.25) is 0 Å². The Labute approximate surface area is 68.9 Å². The van der Waals surface area contributed by atoms with Crippen molar-refractivity contribution in [2.75, 3.05) is 39.4 Å². The number of hydrogen-bond acceptors (Lipinski definition) is 2. The van der Waals surface area contributed by atoms with E-state index >= 15 is 0 Å². The summed E-state index contributed by atoms with van der Waals surface area (Å²) in [5, 5.41) is 0. The van der Waals surface area contributed by atoms with E-state index in [1.807, 2.05) is 0 Å². The fourth-order valence-corrected chi connectivity index (χ4v) is 1.59. The summed E-state index contributed by atoms with van der Waals surface area (Å²) in [6.45, 7) is 11.4. The lowest BCUT2D eigenvalue weighted by Gasteiger charge is -2.39. The average Bonchev–Trinajstić information content (AvgIpc) is 2.06. The van der Waals surface area contributed by atoms with Crippen LogP contribution in [0, 0.1) is 0 Å². The molecule has 0 aliphatic carbocycles. The third kappa shape index (κ3) is 2.43. The number of rotatable bonds is 2. The number of hydrogen-bond donors (Lipinski definition) is 0. The maximum absolute atomic E-state index is 5.31. The van der Waals surface area contributed by atoms with Gasteiger partial charge in [-0.2, -0.15) is 0 Å². The van der Waals surface area contributed by atoms with Crippen molar-refractivity contribution in [3.63, 3.8) is 0 Å². The molecular formula is C8H19NO2. The molecule has 0 radical (unpaired) electrons. The smallest absolute Gasteiger partial charge is 0.102 e. The van der Waals surface area contributed by atoms with Crippen molar-refractivity contribution >= 4 is 0 Å². The maximum Gasteiger partial charge on any atom is 0.102 e. The van der Waals surface area contributed by atoms with Gasteiger partial charge in [-0.25, -0.2) is 0 Å². The highest BCUT2D eigenvalue weighted by molar-refractivity contribution is 4.46. The van der Waals surface area contributed by atoms with E-state index in [1.165, 1.54) is 30.7 Å². The molecular weight excluding hydrogens is 142 g/mol. The molecule has 11 heavy (non-hydrogen) atoms. The number of likely N-dealkylation sites (N-methyl/N-ethyl adjacent to an activating group) is 1. The van der Waals surface area contributed by atoms with E-state index in [9.17, 15) is 0 Å². The minimum Gasteiger partial charge on any atom is -0.870 e. The second kappa shape index (κ2) is 4.70. The Kier molecular flexibility index (Phi) is 4.65. The molecule has 1 saturated heterocycles. The maximum atomic E-state index is 5.31. The first-order valence-electron chi connectivity index (χ1n) is 4.26. The van der Waals surface area contributed by atoms with Crippen LogP contribution in [-0.2, 0) is 4.74 Å². The molecule has 0 spiro atoms. The number of morpholine rings is 1. The fraction of sp³-hybridized carbons (Fsp3) is 1.00. The van der Waals surface area contributed by atoms with E-state index in [0.29, 0.717) is 0 Å². The summed E-state index contributed by atoms with van der Waals surface area (Å²) in [5.74, 6) is 0. The van der Waals surface area contributed by atoms with Gasteiger partial charge in [0, 0.05) is 0 Å². The van der Waals surface area contributed by atoms with Crippen molar-refractivity contribution in [2.24, 2.45) is 0 Å². The van der Waals surface area contributed by atoms with Crippen LogP contribution < -0.4 is 0 Å². The zero-order valence-corrected chi connectivity index (χ0v) is 7.55. The standard InChI is InChI=1S/C8H18NO.H2O/c1-3-9(4-2)5-7-10-8-6-9;/h3-8H2,1-2H3;1H2/q+1;/p-1. The molecule has 1 fully saturated rings. The Morgan fingerprint density at radius 3 is 1.82 bits per heavy atom. The molecule has 0 aromatic carbocycles. The Bertz CT molecular complexity index is 94.3. The molecule has 0 aromatic rings. The van der Waals surface area contributed by atoms with Crippen LogP contribution >= 0.6 is 0 Å². The molecule has 0 unspecified atom stereocenters. The van der Waals surface area contributed by atoms with Gasteiger partial charge in [0.05, 0.1) is 26.3 Å². The van der Waals surface area contributed by atoms with Crippen LogP contribution in [0.3, 0.4) is 0 Å². The Morgan fingerprint density at radius 2 is 1.55 bits per heavy atom. The third-order valence-corrected chi connectivity index (χ3v) is 2.76. The van der Waals surface area contributed by atoms with Gasteiger partial charge >= 0.3 is 0 Å². The summed E-state index contributed by atoms with van der Waals surface area (Å²) in [6.07, 6.45) is 0. The Morgan fingerprint density at radius 1 is 1.09 bits per heavy atom. The zero-order valence-electron chi connectivity index (χ0n) is 7.55. The van der Waals surface area contributed by atoms with E-state index in [0.717, 1.165) is 13.2 Å². The second-order valence-corrected chi connectivity index (χ2v) is 3.03. The molecule has 1 heterocycles. The van der Waals surface area contributed by atoms with E-state index in [4.69, 9.17) is 4.74 Å². The average molecular weight is 161 g/mol. The molecule has 1 rings (SSSR count). The summed E-state index contributed by atoms with van der Waals surface area (Å²) in [4.78, 5) is 0. The van der Waals surface area contributed by atoms with Crippen LogP contribution in [-0.4, -0.2) is 49.4 Å². The predicted octanol–water partition coefficient (Wildman–Crippen LogP) is 0.696. The van der Waals surface area contributed by atoms with Crippen molar-refractivity contribution in [3.8, 4) is 0 Å². The van der Waals surface area contributed by atoms with E-state index in [2.05, 4.69) is 13.8 Å². The lowest BCUT2D eigenvalue weighted by atomic mass is 10.3. The lowest BCUT2D eigenvalue weighted by Crippen LogP contribution is -2.54. The molecule has 1 aliphatic heterocycles. The highest BCUT2D eigenvalue weighted by Crippen LogP contribution is 2.09. The lowest BCUT2D eigenvalue weighted by molar-refractivity contribution is -0.931. The van der Waals surface area contributed by atoms with Crippen LogP contribution in [0.15, 0.2) is 0 Å². The number of ether oxygens (including phenoxy) is 1. The minimum atomic E-state index is 0. The summed E-state index contributed by atoms with van der Waals surface area (Å²) < 4.78 is 6.58. The van der Waals surface area contributed by atoms with Gasteiger partial charge in [-0.05, 0) is 13.8 Å². The third-order valence-electron chi connectivity index (χ3n) is 2.76. The molecule has 3 nitrogen and oxygen atoms in total. The quantitative estimate of drug-likeness (QED) is 0.559. The molecule has 0 aromatic heterocycles. The van der Waals surface area contributed by atoms with Gasteiger partial charge in [0.2, 0.25) is 0 Å². The van der Waals surface area contributed by atoms with Crippen LogP contribution in [0.4, 0.5) is 0 Å². The van der Waals surface area contributed by atoms with Gasteiger partial charge in [-0.3, -0.25) is 0 Å². The molecule has 1 aliphatic rings. The molecule has 0 atom stereocenters. The largest absolute Gasteiger partial charge is 0.870 e. The van der Waals surface area contributed by atoms with Crippen molar-refractivity contribution in [3.05, 3.63) is 0 Å². The first-order chi connectivity index (χ1) is 4.83. The van der Waals surface area contributed by atoms with Crippen molar-refractivity contribution in [1.29, 1.82) is 0 Å². The molecule has 1 N–H and O–H groups in total. The van der Waals surface area contributed by atoms with Gasteiger partial charge < -0.3 is 14.7 Å². The van der Waals surface area contributed by atoms with Crippen molar-refractivity contribution in [2.45, 2.75) is 13.8 Å². The highest BCUT2D eigenvalue weighted by Gasteiger charge is 2.25. The minimum absolute atomic E-state index is 0. The molecule has 0 amide bonds. The van der Waals surface area contributed by atoms with E-state index < -0.39 is 0 Å². The van der Waals surface area contributed by atoms with E-state index in [-0.39, 0.29) is 5.48 Å². The fourth-order valence-electron chi connectivity index (χ4n) is 1.59. The SMILES string of the molecule is CC[N+]1(CC)CCOCC1.[OH-]. The Hall–Kier alpha value is -0.120. The van der Waals surface area contributed by atoms with Crippen molar-refractivity contribution < 1.29 is 14.7 Å². The summed E-state index contributed by atoms with van der Waals surface area (Å²) >= 11 is 0. The van der Waals surface area contributed by atoms with Gasteiger partial charge in [-0.15, -0.1) is 0 Å². The normalized spacial score (nSPS) is 22.4. The molecule has 68 valence electrons. The molecule has 3 heteroatoms. The first kappa shape index (κ1) is 10.9. The first-order valence-corrected chi connectivity index (χ1v) is 4.26. The molecule has 0 saturated carbocycles. The summed E-state index contributed by atoms with van der Waals surface area (Å²) in [7, 11) is 0. The molecule has 0 bridgehead atoms. The predicted molar refractivity (Wildman–Crippen MR) is 43.8 cm³/mol. The van der Waals surface area contributed by atoms with Crippen LogP contribution in [0.5, 0.6) is 0 Å². The van der Waals surface area contributed by atoms with Gasteiger partial charge in [0.1, 0.15) is 13.1 Å². The summed E-state index contributed by atoms with van der Waals surface area (Å²) in [5.41, 5.74) is 0. The Balaban J connectivity index is 0.000001000. The van der Waals surface area contributed by atoms with Gasteiger partial charge in [0.15, 0.2) is 0 Å².